The molecule has 1 unspecified atom stereocenters. The van der Waals surface area contributed by atoms with E-state index in [1.165, 1.54) is 10.1 Å². The van der Waals surface area contributed by atoms with Crippen molar-refractivity contribution in [3.05, 3.63) is 91.3 Å². The Morgan fingerprint density at radius 1 is 1.29 bits per heavy atom. The van der Waals surface area contributed by atoms with Crippen LogP contribution in [-0.2, 0) is 13.0 Å². The van der Waals surface area contributed by atoms with Crippen molar-refractivity contribution in [2.45, 2.75) is 32.7 Å². The first-order chi connectivity index (χ1) is 16.8. The van der Waals surface area contributed by atoms with E-state index in [0.29, 0.717) is 22.9 Å². The van der Waals surface area contributed by atoms with Crippen molar-refractivity contribution < 1.29 is 23.5 Å². The molecule has 2 N–H and O–H groups in total. The summed E-state index contributed by atoms with van der Waals surface area (Å²) < 4.78 is 17.2. The van der Waals surface area contributed by atoms with Crippen LogP contribution in [0.3, 0.4) is 0 Å². The number of hydrogen-bond acceptors (Lipinski definition) is 8. The second-order valence-electron chi connectivity index (χ2n) is 7.98. The van der Waals surface area contributed by atoms with Gasteiger partial charge in [-0.3, -0.25) is 9.55 Å². The molecule has 1 aliphatic rings. The largest absolute Gasteiger partial charge is 0.512 e. The SMILES string of the molecule is CCc1ccc2c(c1)C=Cc1oc(C)nc1C2c1cn(Cc2nc(OC(=O)O)co2)c(=O)[nH]c1=S. The number of aromatic amines is 1. The Morgan fingerprint density at radius 2 is 2.11 bits per heavy atom. The lowest BCUT2D eigenvalue weighted by Gasteiger charge is -2.19. The third-order valence-corrected chi connectivity index (χ3v) is 6.06. The lowest BCUT2D eigenvalue weighted by Crippen LogP contribution is -2.25. The molecule has 3 heterocycles. The number of nitrogens with one attached hydrogen (secondary N) is 1. The number of aromatic nitrogens is 4. The third kappa shape index (κ3) is 4.33. The Kier molecular flexibility index (Phi) is 5.69. The van der Waals surface area contributed by atoms with Crippen molar-refractivity contribution in [1.29, 1.82) is 0 Å². The number of benzene rings is 1. The second kappa shape index (κ2) is 8.84. The minimum atomic E-state index is -1.52. The minimum Gasteiger partial charge on any atom is -0.449 e. The van der Waals surface area contributed by atoms with Crippen molar-refractivity contribution in [2.24, 2.45) is 0 Å². The summed E-state index contributed by atoms with van der Waals surface area (Å²) in [6.45, 7) is 3.80. The molecule has 10 nitrogen and oxygen atoms in total. The maximum Gasteiger partial charge on any atom is 0.512 e. The molecule has 0 saturated carbocycles. The van der Waals surface area contributed by atoms with Gasteiger partial charge in [0.05, 0.1) is 11.6 Å². The second-order valence-corrected chi connectivity index (χ2v) is 8.39. The van der Waals surface area contributed by atoms with Gasteiger partial charge in [0.25, 0.3) is 5.88 Å². The van der Waals surface area contributed by atoms with Crippen molar-refractivity contribution in [3.63, 3.8) is 0 Å². The Balaban J connectivity index is 1.63. The summed E-state index contributed by atoms with van der Waals surface area (Å²) in [7, 11) is 0. The molecule has 4 aromatic rings. The smallest absolute Gasteiger partial charge is 0.449 e. The summed E-state index contributed by atoms with van der Waals surface area (Å²) in [4.78, 5) is 34.8. The highest BCUT2D eigenvalue weighted by atomic mass is 32.1. The van der Waals surface area contributed by atoms with Gasteiger partial charge < -0.3 is 18.7 Å². The number of hydrogen-bond donors (Lipinski definition) is 2. The first kappa shape index (κ1) is 22.5. The predicted octanol–water partition coefficient (Wildman–Crippen LogP) is 4.52. The van der Waals surface area contributed by atoms with E-state index in [1.54, 1.807) is 13.1 Å². The zero-order valence-corrected chi connectivity index (χ0v) is 19.6. The van der Waals surface area contributed by atoms with Crippen LogP contribution in [0.1, 0.15) is 58.3 Å². The predicted molar refractivity (Wildman–Crippen MR) is 127 cm³/mol. The molecule has 0 fully saturated rings. The zero-order chi connectivity index (χ0) is 24.7. The van der Waals surface area contributed by atoms with E-state index in [2.05, 4.69) is 44.8 Å². The molecule has 0 amide bonds. The fraction of sp³-hybridized carbons (Fsp3) is 0.208. The van der Waals surface area contributed by atoms with Gasteiger partial charge in [-0.25, -0.2) is 14.6 Å². The molecule has 5 rings (SSSR count). The van der Waals surface area contributed by atoms with E-state index in [4.69, 9.17) is 26.2 Å². The van der Waals surface area contributed by atoms with Crippen LogP contribution in [0.25, 0.3) is 12.2 Å². The summed E-state index contributed by atoms with van der Waals surface area (Å²) in [5.74, 6) is 0.616. The summed E-state index contributed by atoms with van der Waals surface area (Å²) in [5, 5.41) is 8.74. The van der Waals surface area contributed by atoms with Gasteiger partial charge in [-0.2, -0.15) is 4.98 Å². The summed E-state index contributed by atoms with van der Waals surface area (Å²) >= 11 is 5.58. The number of carbonyl (C=O) groups is 1. The van der Waals surface area contributed by atoms with Crippen LogP contribution in [0.5, 0.6) is 5.88 Å². The van der Waals surface area contributed by atoms with Crippen LogP contribution >= 0.6 is 12.2 Å². The Morgan fingerprint density at radius 3 is 2.89 bits per heavy atom. The van der Waals surface area contributed by atoms with Gasteiger partial charge in [0, 0.05) is 18.7 Å². The normalized spacial score (nSPS) is 14.3. The Labute approximate surface area is 203 Å². The maximum atomic E-state index is 12.7. The molecule has 1 atom stereocenters. The van der Waals surface area contributed by atoms with Gasteiger partial charge in [-0.05, 0) is 29.2 Å². The van der Waals surface area contributed by atoms with E-state index in [0.717, 1.165) is 23.8 Å². The zero-order valence-electron chi connectivity index (χ0n) is 18.8. The highest BCUT2D eigenvalue weighted by Gasteiger charge is 2.29. The van der Waals surface area contributed by atoms with Gasteiger partial charge in [0.1, 0.15) is 11.2 Å². The molecule has 0 spiro atoms. The van der Waals surface area contributed by atoms with E-state index >= 15 is 0 Å². The lowest BCUT2D eigenvalue weighted by atomic mass is 9.86. The lowest BCUT2D eigenvalue weighted by molar-refractivity contribution is 0.142. The molecular weight excluding hydrogens is 472 g/mol. The topological polar surface area (TPSA) is 136 Å². The van der Waals surface area contributed by atoms with Gasteiger partial charge in [-0.1, -0.05) is 43.4 Å². The highest BCUT2D eigenvalue weighted by molar-refractivity contribution is 7.71. The average Bonchev–Trinajstić information content (AvgIpc) is 3.37. The van der Waals surface area contributed by atoms with E-state index in [-0.39, 0.29) is 23.0 Å². The van der Waals surface area contributed by atoms with Crippen molar-refractivity contribution in [3.8, 4) is 5.88 Å². The molecule has 11 heteroatoms. The molecule has 0 aliphatic heterocycles. The Hall–Kier alpha value is -4.25. The number of rotatable bonds is 5. The number of fused-ring (bicyclic) bond motifs is 2. The molecule has 0 bridgehead atoms. The fourth-order valence-electron chi connectivity index (χ4n) is 4.16. The molecular formula is C24H20N4O6S. The number of H-pyrrole nitrogens is 1. The first-order valence-electron chi connectivity index (χ1n) is 10.8. The summed E-state index contributed by atoms with van der Waals surface area (Å²) in [6.07, 6.45) is 5.97. The van der Waals surface area contributed by atoms with Crippen molar-refractivity contribution in [2.75, 3.05) is 0 Å². The van der Waals surface area contributed by atoms with Crippen LogP contribution < -0.4 is 10.4 Å². The highest BCUT2D eigenvalue weighted by Crippen LogP contribution is 2.39. The molecule has 1 aliphatic carbocycles. The standard InChI is InChI=1S/C24H20N4O6S/c1-3-13-4-6-15-14(8-13)5-7-17-21(25-12(2)33-17)20(15)16-9-28(23(29)27-22(16)35)10-18-26-19(11-32-18)34-24(30)31/h4-9,11,20H,3,10H2,1-2H3,(H,30,31)(H,27,29,35). The summed E-state index contributed by atoms with van der Waals surface area (Å²) in [5.41, 5.74) is 4.05. The number of oxazole rings is 2. The average molecular weight is 493 g/mol. The molecule has 35 heavy (non-hydrogen) atoms. The van der Waals surface area contributed by atoms with Crippen LogP contribution in [0.15, 0.2) is 44.3 Å². The Bertz CT molecular complexity index is 1590. The molecule has 1 aromatic carbocycles. The van der Waals surface area contributed by atoms with Gasteiger partial charge in [0.2, 0.25) is 5.89 Å². The minimum absolute atomic E-state index is 0.0712. The van der Waals surface area contributed by atoms with Gasteiger partial charge in [-0.15, -0.1) is 0 Å². The van der Waals surface area contributed by atoms with E-state index in [1.807, 2.05) is 12.2 Å². The number of nitrogens with zero attached hydrogens (tertiary/aromatic N) is 3. The molecule has 3 aromatic heterocycles. The molecule has 0 saturated heterocycles. The van der Waals surface area contributed by atoms with Gasteiger partial charge >= 0.3 is 11.8 Å². The van der Waals surface area contributed by atoms with Crippen LogP contribution in [0.2, 0.25) is 0 Å². The molecule has 178 valence electrons. The number of ether oxygens (including phenoxy) is 1. The monoisotopic (exact) mass is 492 g/mol. The maximum absolute atomic E-state index is 12.7. The van der Waals surface area contributed by atoms with E-state index in [9.17, 15) is 9.59 Å². The first-order valence-corrected chi connectivity index (χ1v) is 11.2. The third-order valence-electron chi connectivity index (χ3n) is 5.72. The fourth-order valence-corrected chi connectivity index (χ4v) is 4.42. The summed E-state index contributed by atoms with van der Waals surface area (Å²) in [6, 6.07) is 6.24. The van der Waals surface area contributed by atoms with Crippen LogP contribution in [-0.4, -0.2) is 30.8 Å². The molecule has 0 radical (unpaired) electrons. The number of aryl methyl sites for hydroxylation is 2. The van der Waals surface area contributed by atoms with Crippen molar-refractivity contribution in [1.82, 2.24) is 19.5 Å². The van der Waals surface area contributed by atoms with Crippen molar-refractivity contribution >= 4 is 30.5 Å². The number of carboxylic acid groups (broad SMARTS) is 1. The van der Waals surface area contributed by atoms with Crippen LogP contribution in [0.4, 0.5) is 4.79 Å². The van der Waals surface area contributed by atoms with E-state index < -0.39 is 17.8 Å². The quantitative estimate of drug-likeness (QED) is 0.268. The van der Waals surface area contributed by atoms with Crippen LogP contribution in [0, 0.1) is 11.6 Å². The van der Waals surface area contributed by atoms with Gasteiger partial charge in [0.15, 0.2) is 17.9 Å².